The lowest BCUT2D eigenvalue weighted by atomic mass is 10.2. The molecular weight excluding hydrogens is 140 g/mol. The van der Waals surface area contributed by atoms with Gasteiger partial charge in [-0.2, -0.15) is 0 Å². The second-order valence-electron chi connectivity index (χ2n) is 2.21. The molecule has 1 rings (SSSR count). The van der Waals surface area contributed by atoms with Crippen LogP contribution in [0.15, 0.2) is 29.4 Å². The number of hydrogen-bond donors (Lipinski definition) is 1. The third kappa shape index (κ3) is 2.29. The topological polar surface area (TPSA) is 76.4 Å². The van der Waals surface area contributed by atoms with Gasteiger partial charge in [-0.05, 0) is 23.2 Å². The zero-order valence-electron chi connectivity index (χ0n) is 6.07. The van der Waals surface area contributed by atoms with Crippen LogP contribution in [-0.4, -0.2) is 0 Å². The molecule has 0 spiro atoms. The normalized spacial score (nSPS) is 8.82. The summed E-state index contributed by atoms with van der Waals surface area (Å²) in [6.07, 6.45) is 0. The van der Waals surface area contributed by atoms with Crippen LogP contribution in [0.5, 0.6) is 0 Å². The number of nitrogens with zero attached hydrogens (tertiary/aromatic N) is 3. The summed E-state index contributed by atoms with van der Waals surface area (Å²) in [6, 6.07) is 7.58. The molecule has 11 heavy (non-hydrogen) atoms. The first-order valence-corrected chi connectivity index (χ1v) is 3.24. The fraction of sp³-hybridized carbons (Fsp3) is 0.143. The second-order valence-corrected chi connectivity index (χ2v) is 2.21. The van der Waals surface area contributed by atoms with E-state index in [-0.39, 0.29) is 0 Å². The van der Waals surface area contributed by atoms with Gasteiger partial charge in [-0.3, -0.25) is 0 Å². The van der Waals surface area contributed by atoms with E-state index in [1.165, 1.54) is 0 Å². The Morgan fingerprint density at radius 3 is 2.55 bits per heavy atom. The smallest absolute Gasteiger partial charge is 0.127 e. The quantitative estimate of drug-likeness (QED) is 0.374. The van der Waals surface area contributed by atoms with Crippen molar-refractivity contribution in [1.29, 1.82) is 0 Å². The van der Waals surface area contributed by atoms with E-state index in [1.54, 1.807) is 0 Å². The minimum Gasteiger partial charge on any atom is -0.325 e. The van der Waals surface area contributed by atoms with Crippen LogP contribution in [-0.2, 0) is 6.54 Å². The van der Waals surface area contributed by atoms with Crippen molar-refractivity contribution < 1.29 is 5.73 Å². The summed E-state index contributed by atoms with van der Waals surface area (Å²) in [5.41, 5.74) is 13.7. The molecule has 0 aromatic heterocycles. The maximum atomic E-state index is 8.03. The van der Waals surface area contributed by atoms with Gasteiger partial charge in [0.1, 0.15) is 5.69 Å². The van der Waals surface area contributed by atoms with Crippen LogP contribution in [0, 0.1) is 0 Å². The molecule has 0 aliphatic heterocycles. The molecule has 3 N–H and O–H groups in total. The highest BCUT2D eigenvalue weighted by Crippen LogP contribution is 2.04. The van der Waals surface area contributed by atoms with Gasteiger partial charge in [-0.1, -0.05) is 17.2 Å². The molecule has 0 bridgehead atoms. The molecule has 56 valence electrons. The molecule has 1 aromatic carbocycles. The molecule has 0 unspecified atom stereocenters. The van der Waals surface area contributed by atoms with Crippen LogP contribution in [0.25, 0.3) is 10.4 Å². The number of rotatable bonds is 2. The maximum Gasteiger partial charge on any atom is 0.127 e. The number of quaternary nitrogens is 1. The van der Waals surface area contributed by atoms with E-state index in [0.717, 1.165) is 11.3 Å². The average Bonchev–Trinajstić information content (AvgIpc) is 2.04. The molecule has 0 aliphatic rings. The van der Waals surface area contributed by atoms with E-state index in [1.807, 2.05) is 24.3 Å². The number of azide groups is 1. The fourth-order valence-corrected chi connectivity index (χ4v) is 0.758. The molecule has 4 heteroatoms. The molecule has 0 atom stereocenters. The maximum absolute atomic E-state index is 8.03. The highest BCUT2D eigenvalue weighted by Gasteiger charge is 1.90. The van der Waals surface area contributed by atoms with Gasteiger partial charge < -0.3 is 5.73 Å². The first-order valence-electron chi connectivity index (χ1n) is 3.24. The SMILES string of the molecule is [N-]=[N+]=NCc1ccc([NH3+])cc1. The largest absolute Gasteiger partial charge is 0.325 e. The van der Waals surface area contributed by atoms with E-state index in [2.05, 4.69) is 15.8 Å². The summed E-state index contributed by atoms with van der Waals surface area (Å²) >= 11 is 0. The van der Waals surface area contributed by atoms with E-state index < -0.39 is 0 Å². The average molecular weight is 149 g/mol. The zero-order valence-corrected chi connectivity index (χ0v) is 6.07. The monoisotopic (exact) mass is 149 g/mol. The third-order valence-corrected chi connectivity index (χ3v) is 1.34. The molecule has 0 radical (unpaired) electrons. The molecule has 0 heterocycles. The lowest BCUT2D eigenvalue weighted by molar-refractivity contribution is -0.254. The van der Waals surface area contributed by atoms with Gasteiger partial charge in [-0.15, -0.1) is 0 Å². The van der Waals surface area contributed by atoms with Gasteiger partial charge in [-0.25, -0.2) is 0 Å². The fourth-order valence-electron chi connectivity index (χ4n) is 0.758. The lowest BCUT2D eigenvalue weighted by Gasteiger charge is -1.92. The predicted molar refractivity (Wildman–Crippen MR) is 41.8 cm³/mol. The molecule has 0 amide bonds. The van der Waals surface area contributed by atoms with Crippen LogP contribution in [0.3, 0.4) is 0 Å². The summed E-state index contributed by atoms with van der Waals surface area (Å²) in [5.74, 6) is 0. The Morgan fingerprint density at radius 1 is 1.36 bits per heavy atom. The number of benzene rings is 1. The van der Waals surface area contributed by atoms with Crippen LogP contribution < -0.4 is 5.73 Å². The second kappa shape index (κ2) is 3.61. The van der Waals surface area contributed by atoms with Gasteiger partial charge >= 0.3 is 0 Å². The minimum atomic E-state index is 0.413. The molecule has 4 nitrogen and oxygen atoms in total. The minimum absolute atomic E-state index is 0.413. The molecule has 1 aromatic rings. The van der Waals surface area contributed by atoms with Crippen molar-refractivity contribution in [3.8, 4) is 0 Å². The molecule has 0 saturated heterocycles. The van der Waals surface area contributed by atoms with E-state index in [4.69, 9.17) is 5.53 Å². The summed E-state index contributed by atoms with van der Waals surface area (Å²) in [5, 5.41) is 3.43. The van der Waals surface area contributed by atoms with E-state index in [0.29, 0.717) is 6.54 Å². The first-order chi connectivity index (χ1) is 5.33. The Balaban J connectivity index is 2.73. The van der Waals surface area contributed by atoms with E-state index in [9.17, 15) is 0 Å². The Bertz CT molecular complexity index is 271. The van der Waals surface area contributed by atoms with Gasteiger partial charge in [0, 0.05) is 4.91 Å². The van der Waals surface area contributed by atoms with Crippen LogP contribution in [0.2, 0.25) is 0 Å². The molecule has 0 saturated carbocycles. The summed E-state index contributed by atoms with van der Waals surface area (Å²) in [7, 11) is 0. The highest BCUT2D eigenvalue weighted by molar-refractivity contribution is 5.31. The Kier molecular flexibility index (Phi) is 2.49. The van der Waals surface area contributed by atoms with Crippen LogP contribution >= 0.6 is 0 Å². The van der Waals surface area contributed by atoms with Crippen LogP contribution in [0.4, 0.5) is 5.69 Å². The standard InChI is InChI=1S/C7H8N4/c8-7-3-1-6(2-4-7)5-10-11-9/h1-4H,5,8H2/p+1. The van der Waals surface area contributed by atoms with Crippen molar-refractivity contribution in [1.82, 2.24) is 0 Å². The third-order valence-electron chi connectivity index (χ3n) is 1.34. The van der Waals surface area contributed by atoms with Crippen molar-refractivity contribution >= 4 is 5.69 Å². The molecule has 0 aliphatic carbocycles. The van der Waals surface area contributed by atoms with Crippen molar-refractivity contribution in [2.75, 3.05) is 0 Å². The first kappa shape index (κ1) is 7.60. The van der Waals surface area contributed by atoms with Crippen LogP contribution in [0.1, 0.15) is 5.56 Å². The molecule has 0 fully saturated rings. The highest BCUT2D eigenvalue weighted by atomic mass is 15.1. The Morgan fingerprint density at radius 2 is 2.00 bits per heavy atom. The Labute approximate surface area is 64.3 Å². The Hall–Kier alpha value is -1.51. The van der Waals surface area contributed by atoms with Gasteiger partial charge in [0.15, 0.2) is 0 Å². The summed E-state index contributed by atoms with van der Waals surface area (Å²) < 4.78 is 0. The van der Waals surface area contributed by atoms with Gasteiger partial charge in [0.2, 0.25) is 0 Å². The van der Waals surface area contributed by atoms with Gasteiger partial charge in [0.05, 0.1) is 6.54 Å². The van der Waals surface area contributed by atoms with Crippen molar-refractivity contribution in [2.24, 2.45) is 5.11 Å². The summed E-state index contributed by atoms with van der Waals surface area (Å²) in [4.78, 5) is 2.66. The predicted octanol–water partition coefficient (Wildman–Crippen LogP) is 1.37. The van der Waals surface area contributed by atoms with E-state index >= 15 is 0 Å². The van der Waals surface area contributed by atoms with Crippen molar-refractivity contribution in [3.63, 3.8) is 0 Å². The van der Waals surface area contributed by atoms with Crippen molar-refractivity contribution in [3.05, 3.63) is 40.3 Å². The lowest BCUT2D eigenvalue weighted by Crippen LogP contribution is -2.39. The molecular formula is C7H9N4+. The van der Waals surface area contributed by atoms with Gasteiger partial charge in [0.25, 0.3) is 0 Å². The zero-order chi connectivity index (χ0) is 8.10. The van der Waals surface area contributed by atoms with Crippen molar-refractivity contribution in [2.45, 2.75) is 6.54 Å². The summed E-state index contributed by atoms with van der Waals surface area (Å²) in [6.45, 7) is 0.413. The number of hydrogen-bond acceptors (Lipinski definition) is 1.